The summed E-state index contributed by atoms with van der Waals surface area (Å²) in [5, 5.41) is 18.3. The lowest BCUT2D eigenvalue weighted by atomic mass is 9.83. The number of nitrogens with two attached hydrogens (primary N) is 1. The molecule has 1 aromatic carbocycles. The molecule has 166 valence electrons. The van der Waals surface area contributed by atoms with Crippen LogP contribution in [0.1, 0.15) is 38.7 Å². The Morgan fingerprint density at radius 3 is 2.52 bits per heavy atom. The molecular weight excluding hydrogens is 376 g/mol. The molecule has 0 aliphatic heterocycles. The molecule has 0 unspecified atom stereocenters. The second-order valence-corrected chi connectivity index (χ2v) is 7.58. The van der Waals surface area contributed by atoms with E-state index in [-0.39, 0.29) is 17.6 Å². The standard InChI is InChI=1S/C21H36N2O6/c1-15(2)17(14-18(22)8-9-23(26)21(24)25)12-16-6-7-19(28-4)20(13-16)29-11-5-10-27-3/h6-7,13,15,17-18,26H,5,8-12,14,22H2,1-4H3,(H,24,25)/t17-,18+/m0/s1. The van der Waals surface area contributed by atoms with Crippen molar-refractivity contribution in [2.75, 3.05) is 34.0 Å². The van der Waals surface area contributed by atoms with Gasteiger partial charge in [-0.05, 0) is 48.8 Å². The predicted octanol–water partition coefficient (Wildman–Crippen LogP) is 3.40. The molecule has 2 atom stereocenters. The lowest BCUT2D eigenvalue weighted by Crippen LogP contribution is -2.33. The van der Waals surface area contributed by atoms with Crippen LogP contribution in [0.4, 0.5) is 4.79 Å². The largest absolute Gasteiger partial charge is 0.493 e. The van der Waals surface area contributed by atoms with Crippen molar-refractivity contribution in [1.82, 2.24) is 5.06 Å². The van der Waals surface area contributed by atoms with Crippen molar-refractivity contribution in [3.8, 4) is 11.5 Å². The van der Waals surface area contributed by atoms with E-state index in [4.69, 9.17) is 25.1 Å². The van der Waals surface area contributed by atoms with Gasteiger partial charge in [-0.3, -0.25) is 5.21 Å². The van der Waals surface area contributed by atoms with Crippen LogP contribution in [0.5, 0.6) is 11.5 Å². The maximum absolute atomic E-state index is 10.7. The van der Waals surface area contributed by atoms with E-state index in [1.165, 1.54) is 0 Å². The maximum Gasteiger partial charge on any atom is 0.431 e. The van der Waals surface area contributed by atoms with Crippen molar-refractivity contribution in [2.45, 2.75) is 45.6 Å². The number of carboxylic acid groups (broad SMARTS) is 1. The molecule has 0 saturated heterocycles. The summed E-state index contributed by atoms with van der Waals surface area (Å²) in [7, 11) is 3.28. The van der Waals surface area contributed by atoms with Crippen LogP contribution in [-0.4, -0.2) is 61.5 Å². The van der Waals surface area contributed by atoms with E-state index < -0.39 is 6.09 Å². The van der Waals surface area contributed by atoms with Gasteiger partial charge in [0.05, 0.1) is 20.3 Å². The van der Waals surface area contributed by atoms with E-state index in [1.54, 1.807) is 14.2 Å². The molecule has 0 bridgehead atoms. The van der Waals surface area contributed by atoms with Gasteiger partial charge in [0.25, 0.3) is 0 Å². The summed E-state index contributed by atoms with van der Waals surface area (Å²) in [6, 6.07) is 5.75. The van der Waals surface area contributed by atoms with E-state index in [1.807, 2.05) is 18.2 Å². The average molecular weight is 413 g/mol. The Morgan fingerprint density at radius 1 is 1.21 bits per heavy atom. The van der Waals surface area contributed by atoms with Crippen molar-refractivity contribution in [2.24, 2.45) is 17.6 Å². The van der Waals surface area contributed by atoms with Crippen LogP contribution in [0.3, 0.4) is 0 Å². The molecule has 8 nitrogen and oxygen atoms in total. The van der Waals surface area contributed by atoms with Gasteiger partial charge in [-0.25, -0.2) is 4.79 Å². The maximum atomic E-state index is 10.7. The fraction of sp³-hybridized carbons (Fsp3) is 0.667. The SMILES string of the molecule is COCCCOc1cc(C[C@@H](C[C@H](N)CCN(O)C(=O)O)C(C)C)ccc1OC. The van der Waals surface area contributed by atoms with Crippen molar-refractivity contribution < 1.29 is 29.3 Å². The molecule has 1 aromatic rings. The number of ether oxygens (including phenoxy) is 3. The minimum atomic E-state index is -1.37. The Labute approximate surface area is 173 Å². The summed E-state index contributed by atoms with van der Waals surface area (Å²) < 4.78 is 16.3. The van der Waals surface area contributed by atoms with Crippen LogP contribution in [-0.2, 0) is 11.2 Å². The molecule has 0 spiro atoms. The fourth-order valence-corrected chi connectivity index (χ4v) is 3.13. The molecule has 8 heteroatoms. The number of hydrogen-bond donors (Lipinski definition) is 3. The average Bonchev–Trinajstić information content (AvgIpc) is 2.68. The first-order valence-electron chi connectivity index (χ1n) is 10.0. The highest BCUT2D eigenvalue weighted by Crippen LogP contribution is 2.31. The van der Waals surface area contributed by atoms with Crippen LogP contribution in [0.2, 0.25) is 0 Å². The monoisotopic (exact) mass is 412 g/mol. The van der Waals surface area contributed by atoms with Gasteiger partial charge in [0.2, 0.25) is 0 Å². The first-order valence-corrected chi connectivity index (χ1v) is 10.0. The van der Waals surface area contributed by atoms with Crippen LogP contribution >= 0.6 is 0 Å². The zero-order valence-electron chi connectivity index (χ0n) is 18.0. The highest BCUT2D eigenvalue weighted by atomic mass is 16.6. The zero-order chi connectivity index (χ0) is 21.8. The summed E-state index contributed by atoms with van der Waals surface area (Å²) in [5.41, 5.74) is 7.33. The van der Waals surface area contributed by atoms with Crippen molar-refractivity contribution in [1.29, 1.82) is 0 Å². The van der Waals surface area contributed by atoms with E-state index in [0.717, 1.165) is 24.8 Å². The topological polar surface area (TPSA) is 114 Å². The number of carbonyl (C=O) groups is 1. The first kappa shape index (κ1) is 25.0. The number of hydrogen-bond acceptors (Lipinski definition) is 6. The fourth-order valence-electron chi connectivity index (χ4n) is 3.13. The highest BCUT2D eigenvalue weighted by molar-refractivity contribution is 5.63. The quantitative estimate of drug-likeness (QED) is 0.244. The molecule has 0 aliphatic rings. The van der Waals surface area contributed by atoms with Gasteiger partial charge in [-0.2, -0.15) is 5.06 Å². The third-order valence-electron chi connectivity index (χ3n) is 4.96. The molecule has 0 aromatic heterocycles. The molecule has 0 radical (unpaired) electrons. The molecule has 0 saturated carbocycles. The summed E-state index contributed by atoms with van der Waals surface area (Å²) in [6.07, 6.45) is 1.40. The number of benzene rings is 1. The van der Waals surface area contributed by atoms with Gasteiger partial charge in [0, 0.05) is 26.2 Å². The Balaban J connectivity index is 2.73. The lowest BCUT2D eigenvalue weighted by Gasteiger charge is -2.25. The predicted molar refractivity (Wildman–Crippen MR) is 111 cm³/mol. The zero-order valence-corrected chi connectivity index (χ0v) is 18.0. The van der Waals surface area contributed by atoms with Gasteiger partial charge < -0.3 is 25.1 Å². The van der Waals surface area contributed by atoms with Gasteiger partial charge in [0.15, 0.2) is 11.5 Å². The summed E-state index contributed by atoms with van der Waals surface area (Å²) >= 11 is 0. The van der Waals surface area contributed by atoms with E-state index in [9.17, 15) is 10.0 Å². The summed E-state index contributed by atoms with van der Waals surface area (Å²) in [4.78, 5) is 10.7. The normalized spacial score (nSPS) is 13.2. The Bertz CT molecular complexity index is 611. The highest BCUT2D eigenvalue weighted by Gasteiger charge is 2.20. The van der Waals surface area contributed by atoms with Crippen LogP contribution < -0.4 is 15.2 Å². The molecule has 0 heterocycles. The molecule has 0 aliphatic carbocycles. The van der Waals surface area contributed by atoms with E-state index in [2.05, 4.69) is 13.8 Å². The van der Waals surface area contributed by atoms with E-state index in [0.29, 0.717) is 43.0 Å². The summed E-state index contributed by atoms with van der Waals surface area (Å²) in [6.45, 7) is 5.50. The molecular formula is C21H36N2O6. The van der Waals surface area contributed by atoms with Gasteiger partial charge in [-0.15, -0.1) is 0 Å². The number of amides is 1. The first-order chi connectivity index (χ1) is 13.8. The second-order valence-electron chi connectivity index (χ2n) is 7.58. The van der Waals surface area contributed by atoms with Gasteiger partial charge in [0.1, 0.15) is 0 Å². The molecule has 29 heavy (non-hydrogen) atoms. The van der Waals surface area contributed by atoms with Crippen LogP contribution in [0, 0.1) is 11.8 Å². The van der Waals surface area contributed by atoms with Crippen molar-refractivity contribution in [3.05, 3.63) is 23.8 Å². The third-order valence-corrected chi connectivity index (χ3v) is 4.96. The minimum Gasteiger partial charge on any atom is -0.493 e. The number of hydroxylamine groups is 2. The van der Waals surface area contributed by atoms with Crippen molar-refractivity contribution >= 4 is 6.09 Å². The third kappa shape index (κ3) is 9.34. The van der Waals surface area contributed by atoms with Crippen LogP contribution in [0.15, 0.2) is 18.2 Å². The number of rotatable bonds is 14. The Hall–Kier alpha value is -2.03. The van der Waals surface area contributed by atoms with Crippen molar-refractivity contribution in [3.63, 3.8) is 0 Å². The van der Waals surface area contributed by atoms with E-state index >= 15 is 0 Å². The smallest absolute Gasteiger partial charge is 0.431 e. The molecule has 1 rings (SSSR count). The number of nitrogens with zero attached hydrogens (tertiary/aromatic N) is 1. The molecule has 1 amide bonds. The second kappa shape index (κ2) is 13.2. The molecule has 4 N–H and O–H groups in total. The number of methoxy groups -OCH3 is 2. The van der Waals surface area contributed by atoms with Crippen LogP contribution in [0.25, 0.3) is 0 Å². The Morgan fingerprint density at radius 2 is 1.93 bits per heavy atom. The Kier molecular flexibility index (Phi) is 11.4. The summed E-state index contributed by atoms with van der Waals surface area (Å²) in [5.74, 6) is 2.13. The lowest BCUT2D eigenvalue weighted by molar-refractivity contribution is -0.0654. The van der Waals surface area contributed by atoms with Gasteiger partial charge in [-0.1, -0.05) is 19.9 Å². The van der Waals surface area contributed by atoms with Gasteiger partial charge >= 0.3 is 6.09 Å². The molecule has 0 fully saturated rings. The minimum absolute atomic E-state index is 0.00329.